The Morgan fingerprint density at radius 3 is 2.70 bits per heavy atom. The second-order valence-corrected chi connectivity index (χ2v) is 8.19. The lowest BCUT2D eigenvalue weighted by Gasteiger charge is -2.38. The number of halogens is 1. The van der Waals surface area contributed by atoms with Gasteiger partial charge < -0.3 is 5.73 Å². The third-order valence-corrected chi connectivity index (χ3v) is 6.00. The molecule has 4 nitrogen and oxygen atoms in total. The van der Waals surface area contributed by atoms with Gasteiger partial charge in [0.05, 0.1) is 5.02 Å². The van der Waals surface area contributed by atoms with Crippen molar-refractivity contribution < 1.29 is 8.42 Å². The minimum atomic E-state index is -3.65. The quantitative estimate of drug-likeness (QED) is 0.841. The Labute approximate surface area is 125 Å². The van der Waals surface area contributed by atoms with Crippen molar-refractivity contribution in [3.63, 3.8) is 0 Å². The Morgan fingerprint density at radius 1 is 1.35 bits per heavy atom. The molecule has 1 atom stereocenters. The third kappa shape index (κ3) is 3.27. The van der Waals surface area contributed by atoms with Gasteiger partial charge in [-0.3, -0.25) is 0 Å². The van der Waals surface area contributed by atoms with Gasteiger partial charge in [-0.05, 0) is 36.5 Å². The van der Waals surface area contributed by atoms with Crippen LogP contribution in [0.15, 0.2) is 23.1 Å². The summed E-state index contributed by atoms with van der Waals surface area (Å²) in [6.07, 6.45) is 4.06. The van der Waals surface area contributed by atoms with Gasteiger partial charge in [0, 0.05) is 11.7 Å². The van der Waals surface area contributed by atoms with E-state index in [1.807, 2.05) is 0 Å². The van der Waals surface area contributed by atoms with E-state index < -0.39 is 10.0 Å². The number of hydrogen-bond donors (Lipinski definition) is 2. The third-order valence-electron chi connectivity index (χ3n) is 4.05. The van der Waals surface area contributed by atoms with E-state index in [0.29, 0.717) is 5.69 Å². The number of sulfonamides is 1. The van der Waals surface area contributed by atoms with Gasteiger partial charge in [-0.2, -0.15) is 0 Å². The first-order chi connectivity index (χ1) is 9.22. The summed E-state index contributed by atoms with van der Waals surface area (Å²) in [5.41, 5.74) is 6.00. The molecule has 1 unspecified atom stereocenters. The lowest BCUT2D eigenvalue weighted by atomic mass is 9.74. The molecule has 0 radical (unpaired) electrons. The summed E-state index contributed by atoms with van der Waals surface area (Å²) in [4.78, 5) is 0.0561. The van der Waals surface area contributed by atoms with Gasteiger partial charge in [-0.1, -0.05) is 38.3 Å². The second-order valence-electron chi connectivity index (χ2n) is 6.10. The van der Waals surface area contributed by atoms with Crippen LogP contribution in [0, 0.1) is 5.41 Å². The number of nitrogens with two attached hydrogens (primary N) is 1. The minimum Gasteiger partial charge on any atom is -0.399 e. The van der Waals surface area contributed by atoms with Crippen LogP contribution in [0.5, 0.6) is 0 Å². The highest BCUT2D eigenvalue weighted by atomic mass is 35.5. The molecule has 0 bridgehead atoms. The number of anilines is 1. The molecule has 6 heteroatoms. The van der Waals surface area contributed by atoms with Crippen LogP contribution in [0.3, 0.4) is 0 Å². The normalized spacial score (nSPS) is 22.6. The largest absolute Gasteiger partial charge is 0.399 e. The summed E-state index contributed by atoms with van der Waals surface area (Å²) in [5.74, 6) is 0. The number of nitrogen functional groups attached to an aromatic ring is 1. The van der Waals surface area contributed by atoms with Gasteiger partial charge in [0.25, 0.3) is 0 Å². The predicted octanol–water partition coefficient (Wildman–Crippen LogP) is 3.17. The van der Waals surface area contributed by atoms with E-state index in [-0.39, 0.29) is 21.4 Å². The van der Waals surface area contributed by atoms with Crippen LogP contribution in [0.4, 0.5) is 5.69 Å². The second kappa shape index (κ2) is 5.54. The summed E-state index contributed by atoms with van der Waals surface area (Å²) < 4.78 is 27.8. The van der Waals surface area contributed by atoms with Gasteiger partial charge in [0.15, 0.2) is 0 Å². The van der Waals surface area contributed by atoms with Crippen molar-refractivity contribution in [1.82, 2.24) is 4.72 Å². The van der Waals surface area contributed by atoms with Crippen LogP contribution in [-0.4, -0.2) is 14.5 Å². The van der Waals surface area contributed by atoms with Gasteiger partial charge in [0.2, 0.25) is 10.0 Å². The highest BCUT2D eigenvalue weighted by Gasteiger charge is 2.35. The fourth-order valence-corrected chi connectivity index (χ4v) is 4.67. The van der Waals surface area contributed by atoms with Crippen LogP contribution in [0.25, 0.3) is 0 Å². The van der Waals surface area contributed by atoms with Crippen molar-refractivity contribution in [2.45, 2.75) is 50.5 Å². The maximum atomic E-state index is 12.5. The maximum absolute atomic E-state index is 12.5. The zero-order valence-electron chi connectivity index (χ0n) is 11.8. The Balaban J connectivity index is 2.29. The van der Waals surface area contributed by atoms with E-state index in [1.165, 1.54) is 12.1 Å². The minimum absolute atomic E-state index is 0.0435. The molecule has 112 valence electrons. The fourth-order valence-electron chi connectivity index (χ4n) is 2.69. The van der Waals surface area contributed by atoms with E-state index >= 15 is 0 Å². The van der Waals surface area contributed by atoms with Gasteiger partial charge in [0.1, 0.15) is 4.90 Å². The molecule has 0 aliphatic heterocycles. The van der Waals surface area contributed by atoms with E-state index in [4.69, 9.17) is 17.3 Å². The van der Waals surface area contributed by atoms with Crippen molar-refractivity contribution in [1.29, 1.82) is 0 Å². The van der Waals surface area contributed by atoms with E-state index in [2.05, 4.69) is 18.6 Å². The van der Waals surface area contributed by atoms with E-state index in [1.54, 1.807) is 6.07 Å². The molecule has 3 N–H and O–H groups in total. The molecular formula is C14H21ClN2O2S. The van der Waals surface area contributed by atoms with Crippen LogP contribution < -0.4 is 10.5 Å². The topological polar surface area (TPSA) is 72.2 Å². The molecule has 1 fully saturated rings. The average molecular weight is 317 g/mol. The monoisotopic (exact) mass is 316 g/mol. The highest BCUT2D eigenvalue weighted by Crippen LogP contribution is 2.36. The predicted molar refractivity (Wildman–Crippen MR) is 82.2 cm³/mol. The van der Waals surface area contributed by atoms with Crippen LogP contribution in [0.2, 0.25) is 5.02 Å². The Hall–Kier alpha value is -0.780. The van der Waals surface area contributed by atoms with Crippen LogP contribution >= 0.6 is 11.6 Å². The average Bonchev–Trinajstić information content (AvgIpc) is 2.34. The van der Waals surface area contributed by atoms with Crippen LogP contribution in [-0.2, 0) is 10.0 Å². The first kappa shape index (κ1) is 15.6. The molecule has 1 aliphatic carbocycles. The summed E-state index contributed by atoms with van der Waals surface area (Å²) in [5, 5.41) is 0.195. The number of hydrogen-bond acceptors (Lipinski definition) is 3. The smallest absolute Gasteiger partial charge is 0.242 e. The zero-order chi connectivity index (χ0) is 15.0. The molecule has 1 aromatic rings. The molecule has 2 rings (SSSR count). The zero-order valence-corrected chi connectivity index (χ0v) is 13.4. The number of rotatable bonds is 3. The summed E-state index contributed by atoms with van der Waals surface area (Å²) >= 11 is 5.99. The van der Waals surface area contributed by atoms with Crippen molar-refractivity contribution in [2.75, 3.05) is 5.73 Å². The van der Waals surface area contributed by atoms with E-state index in [0.717, 1.165) is 25.7 Å². The maximum Gasteiger partial charge on any atom is 0.242 e. The highest BCUT2D eigenvalue weighted by molar-refractivity contribution is 7.89. The first-order valence-electron chi connectivity index (χ1n) is 6.80. The fraction of sp³-hybridized carbons (Fsp3) is 0.571. The Bertz CT molecular complexity index is 599. The molecule has 0 heterocycles. The molecule has 1 aromatic carbocycles. The van der Waals surface area contributed by atoms with Crippen molar-refractivity contribution in [3.05, 3.63) is 23.2 Å². The first-order valence-corrected chi connectivity index (χ1v) is 8.66. The molecule has 20 heavy (non-hydrogen) atoms. The van der Waals surface area contributed by atoms with Crippen LogP contribution in [0.1, 0.15) is 39.5 Å². The molecule has 0 amide bonds. The number of nitrogens with one attached hydrogen (secondary N) is 1. The van der Waals surface area contributed by atoms with Crippen molar-refractivity contribution >= 4 is 27.3 Å². The molecule has 1 aliphatic rings. The molecule has 0 aromatic heterocycles. The number of benzene rings is 1. The molecular weight excluding hydrogens is 296 g/mol. The van der Waals surface area contributed by atoms with Gasteiger partial charge in [-0.15, -0.1) is 0 Å². The lowest BCUT2D eigenvalue weighted by Crippen LogP contribution is -2.46. The Kier molecular flexibility index (Phi) is 4.33. The SMILES string of the molecule is CC1(C)CCCCC1NS(=O)(=O)c1cc(N)ccc1Cl. The summed E-state index contributed by atoms with van der Waals surface area (Å²) in [6.45, 7) is 4.20. The molecule has 0 saturated heterocycles. The van der Waals surface area contributed by atoms with Crippen molar-refractivity contribution in [2.24, 2.45) is 5.41 Å². The Morgan fingerprint density at radius 2 is 2.05 bits per heavy atom. The summed E-state index contributed by atoms with van der Waals surface area (Å²) in [6, 6.07) is 4.43. The molecule has 1 saturated carbocycles. The van der Waals surface area contributed by atoms with Crippen molar-refractivity contribution in [3.8, 4) is 0 Å². The van der Waals surface area contributed by atoms with Gasteiger partial charge >= 0.3 is 0 Å². The lowest BCUT2D eigenvalue weighted by molar-refractivity contribution is 0.188. The van der Waals surface area contributed by atoms with E-state index in [9.17, 15) is 8.42 Å². The molecule has 0 spiro atoms. The van der Waals surface area contributed by atoms with Gasteiger partial charge in [-0.25, -0.2) is 13.1 Å². The standard InChI is InChI=1S/C14H21ClN2O2S/c1-14(2)8-4-3-5-13(14)17-20(18,19)12-9-10(16)6-7-11(12)15/h6-7,9,13,17H,3-5,8,16H2,1-2H3. The summed E-state index contributed by atoms with van der Waals surface area (Å²) in [7, 11) is -3.65.